The highest BCUT2D eigenvalue weighted by Gasteiger charge is 2.24. The van der Waals surface area contributed by atoms with Crippen molar-refractivity contribution in [2.75, 3.05) is 12.3 Å². The largest absolute Gasteiger partial charge is 0.398 e. The predicted octanol–water partition coefficient (Wildman–Crippen LogP) is 2.51. The van der Waals surface area contributed by atoms with Gasteiger partial charge in [0, 0.05) is 6.54 Å². The number of hydrogen-bond acceptors (Lipinski definition) is 3. The molecule has 0 bridgehead atoms. The summed E-state index contributed by atoms with van der Waals surface area (Å²) in [5.74, 6) is 0.347. The van der Waals surface area contributed by atoms with Gasteiger partial charge in [-0.3, -0.25) is 0 Å². The Labute approximate surface area is 119 Å². The molecule has 112 valence electrons. The van der Waals surface area contributed by atoms with Gasteiger partial charge in [0.1, 0.15) is 10.7 Å². The number of rotatable bonds is 4. The normalized spacial score (nSPS) is 23.7. The summed E-state index contributed by atoms with van der Waals surface area (Å²) in [5, 5.41) is 0. The Morgan fingerprint density at radius 2 is 2.05 bits per heavy atom. The molecule has 2 unspecified atom stereocenters. The molecular weight excluding hydrogens is 279 g/mol. The van der Waals surface area contributed by atoms with Crippen molar-refractivity contribution in [2.24, 2.45) is 11.8 Å². The molecule has 4 nitrogen and oxygen atoms in total. The summed E-state index contributed by atoms with van der Waals surface area (Å²) in [6, 6.07) is 3.34. The van der Waals surface area contributed by atoms with E-state index in [1.165, 1.54) is 12.5 Å². The lowest BCUT2D eigenvalue weighted by Crippen LogP contribution is -2.33. The van der Waals surface area contributed by atoms with Gasteiger partial charge in [0.25, 0.3) is 0 Å². The summed E-state index contributed by atoms with van der Waals surface area (Å²) in [5.41, 5.74) is 5.52. The van der Waals surface area contributed by atoms with Gasteiger partial charge in [0.05, 0.1) is 5.69 Å². The molecule has 6 heteroatoms. The maximum atomic E-state index is 13.0. The van der Waals surface area contributed by atoms with Crippen molar-refractivity contribution in [3.05, 3.63) is 24.0 Å². The highest BCUT2D eigenvalue weighted by Crippen LogP contribution is 2.29. The Morgan fingerprint density at radius 3 is 2.70 bits per heavy atom. The summed E-state index contributed by atoms with van der Waals surface area (Å²) in [6.07, 6.45) is 4.55. The zero-order valence-corrected chi connectivity index (χ0v) is 12.4. The molecule has 20 heavy (non-hydrogen) atoms. The van der Waals surface area contributed by atoms with E-state index in [1.54, 1.807) is 0 Å². The smallest absolute Gasteiger partial charge is 0.242 e. The van der Waals surface area contributed by atoms with E-state index in [-0.39, 0.29) is 10.6 Å². The second-order valence-electron chi connectivity index (χ2n) is 5.56. The van der Waals surface area contributed by atoms with Crippen LogP contribution in [-0.4, -0.2) is 15.0 Å². The predicted molar refractivity (Wildman–Crippen MR) is 77.1 cm³/mol. The van der Waals surface area contributed by atoms with Crippen LogP contribution in [0.2, 0.25) is 0 Å². The lowest BCUT2D eigenvalue weighted by molar-refractivity contribution is 0.257. The number of anilines is 1. The average molecular weight is 300 g/mol. The fourth-order valence-corrected chi connectivity index (χ4v) is 3.96. The van der Waals surface area contributed by atoms with E-state index in [2.05, 4.69) is 11.6 Å². The lowest BCUT2D eigenvalue weighted by Gasteiger charge is -2.28. The molecule has 1 aliphatic carbocycles. The monoisotopic (exact) mass is 300 g/mol. The van der Waals surface area contributed by atoms with Gasteiger partial charge in [0.15, 0.2) is 0 Å². The van der Waals surface area contributed by atoms with Gasteiger partial charge in [-0.25, -0.2) is 17.5 Å². The molecule has 1 fully saturated rings. The number of sulfonamides is 1. The molecule has 1 saturated carbocycles. The number of halogens is 1. The molecule has 2 rings (SSSR count). The van der Waals surface area contributed by atoms with Crippen molar-refractivity contribution in [3.8, 4) is 0 Å². The van der Waals surface area contributed by atoms with E-state index in [0.717, 1.165) is 31.4 Å². The van der Waals surface area contributed by atoms with Gasteiger partial charge >= 0.3 is 0 Å². The van der Waals surface area contributed by atoms with Gasteiger partial charge in [-0.15, -0.1) is 0 Å². The maximum Gasteiger partial charge on any atom is 0.242 e. The summed E-state index contributed by atoms with van der Waals surface area (Å²) in [4.78, 5) is -0.0534. The molecule has 0 aromatic heterocycles. The fraction of sp³-hybridized carbons (Fsp3) is 0.571. The maximum absolute atomic E-state index is 13.0. The molecule has 0 amide bonds. The molecule has 2 atom stereocenters. The molecule has 3 N–H and O–H groups in total. The van der Waals surface area contributed by atoms with Crippen LogP contribution in [0.5, 0.6) is 0 Å². The van der Waals surface area contributed by atoms with Crippen LogP contribution in [0.25, 0.3) is 0 Å². The van der Waals surface area contributed by atoms with Crippen LogP contribution in [0.15, 0.2) is 23.1 Å². The minimum atomic E-state index is -3.67. The zero-order valence-electron chi connectivity index (χ0n) is 11.6. The van der Waals surface area contributed by atoms with Gasteiger partial charge in [-0.05, 0) is 36.5 Å². The van der Waals surface area contributed by atoms with Crippen molar-refractivity contribution in [3.63, 3.8) is 0 Å². The Balaban J connectivity index is 2.07. The van der Waals surface area contributed by atoms with Crippen molar-refractivity contribution < 1.29 is 12.8 Å². The van der Waals surface area contributed by atoms with E-state index < -0.39 is 15.8 Å². The number of nitrogen functional groups attached to an aromatic ring is 1. The minimum absolute atomic E-state index is 0.0534. The molecule has 0 aliphatic heterocycles. The second kappa shape index (κ2) is 6.10. The summed E-state index contributed by atoms with van der Waals surface area (Å²) in [7, 11) is -3.67. The fourth-order valence-electron chi connectivity index (χ4n) is 2.75. The SMILES string of the molecule is CC1CCCCC1CNS(=O)(=O)c1ccc(F)cc1N. The summed E-state index contributed by atoms with van der Waals surface area (Å²) in [6.45, 7) is 2.57. The van der Waals surface area contributed by atoms with Crippen LogP contribution < -0.4 is 10.5 Å². The van der Waals surface area contributed by atoms with Gasteiger partial charge in [0.2, 0.25) is 10.0 Å². The summed E-state index contributed by atoms with van der Waals surface area (Å²) >= 11 is 0. The molecular formula is C14H21FN2O2S. The molecule has 0 spiro atoms. The van der Waals surface area contributed by atoms with Crippen LogP contribution >= 0.6 is 0 Å². The van der Waals surface area contributed by atoms with E-state index >= 15 is 0 Å². The second-order valence-corrected chi connectivity index (χ2v) is 7.29. The first-order valence-electron chi connectivity index (χ1n) is 6.95. The molecule has 0 radical (unpaired) electrons. The molecule has 1 aliphatic rings. The highest BCUT2D eigenvalue weighted by atomic mass is 32.2. The average Bonchev–Trinajstić information content (AvgIpc) is 2.37. The van der Waals surface area contributed by atoms with E-state index in [4.69, 9.17) is 5.73 Å². The first-order chi connectivity index (χ1) is 9.40. The Kier molecular flexibility index (Phi) is 4.65. The van der Waals surface area contributed by atoms with E-state index in [9.17, 15) is 12.8 Å². The van der Waals surface area contributed by atoms with Gasteiger partial charge in [-0.2, -0.15) is 0 Å². The number of hydrogen-bond donors (Lipinski definition) is 2. The van der Waals surface area contributed by atoms with Crippen molar-refractivity contribution in [2.45, 2.75) is 37.5 Å². The number of nitrogens with two attached hydrogens (primary N) is 1. The van der Waals surface area contributed by atoms with Gasteiger partial charge < -0.3 is 5.73 Å². The van der Waals surface area contributed by atoms with E-state index in [0.29, 0.717) is 18.4 Å². The van der Waals surface area contributed by atoms with Crippen LogP contribution in [0.3, 0.4) is 0 Å². The molecule has 1 aromatic rings. The Hall–Kier alpha value is -1.14. The van der Waals surface area contributed by atoms with Crippen LogP contribution in [0.4, 0.5) is 10.1 Å². The Bertz CT molecular complexity index is 575. The topological polar surface area (TPSA) is 72.2 Å². The standard InChI is InChI=1S/C14H21FN2O2S/c1-10-4-2-3-5-11(10)9-17-20(18,19)14-7-6-12(15)8-13(14)16/h6-8,10-11,17H,2-5,9,16H2,1H3. The number of benzene rings is 1. The minimum Gasteiger partial charge on any atom is -0.398 e. The molecule has 0 saturated heterocycles. The van der Waals surface area contributed by atoms with Crippen molar-refractivity contribution in [1.29, 1.82) is 0 Å². The zero-order chi connectivity index (χ0) is 14.8. The molecule has 1 aromatic carbocycles. The lowest BCUT2D eigenvalue weighted by atomic mass is 9.81. The first kappa shape index (κ1) is 15.3. The van der Waals surface area contributed by atoms with Crippen LogP contribution in [0, 0.1) is 17.7 Å². The quantitative estimate of drug-likeness (QED) is 0.839. The Morgan fingerprint density at radius 1 is 1.35 bits per heavy atom. The third-order valence-electron chi connectivity index (χ3n) is 4.09. The van der Waals surface area contributed by atoms with Gasteiger partial charge in [-0.1, -0.05) is 26.2 Å². The van der Waals surface area contributed by atoms with Crippen LogP contribution in [-0.2, 0) is 10.0 Å². The highest BCUT2D eigenvalue weighted by molar-refractivity contribution is 7.89. The summed E-state index contributed by atoms with van der Waals surface area (Å²) < 4.78 is 40.0. The van der Waals surface area contributed by atoms with Crippen molar-refractivity contribution in [1.82, 2.24) is 4.72 Å². The van der Waals surface area contributed by atoms with Crippen LogP contribution in [0.1, 0.15) is 32.6 Å². The number of nitrogens with one attached hydrogen (secondary N) is 1. The first-order valence-corrected chi connectivity index (χ1v) is 8.43. The third kappa shape index (κ3) is 3.49. The van der Waals surface area contributed by atoms with Crippen molar-refractivity contribution >= 4 is 15.7 Å². The van der Waals surface area contributed by atoms with E-state index in [1.807, 2.05) is 0 Å². The third-order valence-corrected chi connectivity index (χ3v) is 5.58. The molecule has 0 heterocycles.